The summed E-state index contributed by atoms with van der Waals surface area (Å²) in [7, 11) is 0. The molecule has 1 aliphatic carbocycles. The predicted octanol–water partition coefficient (Wildman–Crippen LogP) is 11.3. The lowest BCUT2D eigenvalue weighted by Gasteiger charge is -2.26. The molecular formula is C46H32N2O. The van der Waals surface area contributed by atoms with Crippen molar-refractivity contribution >= 4 is 43.7 Å². The van der Waals surface area contributed by atoms with Crippen molar-refractivity contribution in [3.8, 4) is 16.9 Å². The molecule has 2 heterocycles. The third kappa shape index (κ3) is 4.62. The summed E-state index contributed by atoms with van der Waals surface area (Å²) < 4.78 is 6.59. The number of benzene rings is 7. The Bertz CT molecular complexity index is 2530. The smallest absolute Gasteiger partial charge is 0.145 e. The molecule has 49 heavy (non-hydrogen) atoms. The van der Waals surface area contributed by atoms with Gasteiger partial charge >= 0.3 is 0 Å². The highest BCUT2D eigenvalue weighted by Crippen LogP contribution is 2.48. The third-order valence-corrected chi connectivity index (χ3v) is 10.2. The maximum Gasteiger partial charge on any atom is 0.145 e. The number of hydrogen-bond acceptors (Lipinski definition) is 3. The van der Waals surface area contributed by atoms with Gasteiger partial charge in [0.05, 0.1) is 5.71 Å². The van der Waals surface area contributed by atoms with Crippen LogP contribution >= 0.6 is 0 Å². The summed E-state index contributed by atoms with van der Waals surface area (Å²) in [4.78, 5) is 5.20. The zero-order valence-corrected chi connectivity index (χ0v) is 26.8. The quantitative estimate of drug-likeness (QED) is 0.197. The van der Waals surface area contributed by atoms with Crippen LogP contribution in [0, 0.1) is 0 Å². The zero-order chi connectivity index (χ0) is 32.3. The first-order chi connectivity index (χ1) is 24.3. The molecule has 0 saturated heterocycles. The van der Waals surface area contributed by atoms with Crippen LogP contribution in [0.1, 0.15) is 35.2 Å². The Morgan fingerprint density at radius 2 is 1.24 bits per heavy atom. The van der Waals surface area contributed by atoms with E-state index in [1.807, 2.05) is 6.07 Å². The monoisotopic (exact) mass is 628 g/mol. The molecule has 7 aromatic carbocycles. The molecular weight excluding hydrogens is 597 g/mol. The fourth-order valence-electron chi connectivity index (χ4n) is 7.91. The zero-order valence-electron chi connectivity index (χ0n) is 26.8. The maximum absolute atomic E-state index is 6.59. The van der Waals surface area contributed by atoms with Crippen LogP contribution in [0.15, 0.2) is 180 Å². The summed E-state index contributed by atoms with van der Waals surface area (Å²) in [5.74, 6) is 2.11. The van der Waals surface area contributed by atoms with Gasteiger partial charge < -0.3 is 10.1 Å². The average Bonchev–Trinajstić information content (AvgIpc) is 3.55. The average molecular weight is 629 g/mol. The number of hydrogen-bond donors (Lipinski definition) is 1. The molecule has 0 bridgehead atoms. The molecule has 2 atom stereocenters. The second-order valence-electron chi connectivity index (χ2n) is 13.1. The van der Waals surface area contributed by atoms with Gasteiger partial charge in [-0.1, -0.05) is 140 Å². The molecule has 10 rings (SSSR count). The van der Waals surface area contributed by atoms with E-state index in [0.717, 1.165) is 46.0 Å². The Labute approximate surface area is 285 Å². The van der Waals surface area contributed by atoms with E-state index >= 15 is 0 Å². The lowest BCUT2D eigenvalue weighted by atomic mass is 9.85. The number of nitrogens with one attached hydrogen (secondary N) is 1. The minimum absolute atomic E-state index is 0.174. The van der Waals surface area contributed by atoms with Crippen LogP contribution in [0.25, 0.3) is 49.1 Å². The number of aliphatic imine (C=N–C) groups is 1. The highest BCUT2D eigenvalue weighted by atomic mass is 16.5. The Hall–Kier alpha value is -6.19. The van der Waals surface area contributed by atoms with E-state index in [4.69, 9.17) is 9.73 Å². The van der Waals surface area contributed by atoms with E-state index < -0.39 is 0 Å². The van der Waals surface area contributed by atoms with Gasteiger partial charge in [-0.15, -0.1) is 0 Å². The number of ether oxygens (including phenoxy) is 1. The molecule has 0 radical (unpaired) electrons. The van der Waals surface area contributed by atoms with Gasteiger partial charge in [-0.05, 0) is 90.8 Å². The first-order valence-corrected chi connectivity index (χ1v) is 17.0. The third-order valence-electron chi connectivity index (χ3n) is 10.2. The molecule has 232 valence electrons. The van der Waals surface area contributed by atoms with Gasteiger partial charge in [0, 0.05) is 17.2 Å². The molecule has 2 unspecified atom stereocenters. The van der Waals surface area contributed by atoms with Crippen LogP contribution in [0.2, 0.25) is 0 Å². The first-order valence-electron chi connectivity index (χ1n) is 17.0. The van der Waals surface area contributed by atoms with E-state index in [-0.39, 0.29) is 12.1 Å². The van der Waals surface area contributed by atoms with Crippen molar-refractivity contribution in [1.82, 2.24) is 5.32 Å². The van der Waals surface area contributed by atoms with E-state index in [1.54, 1.807) is 0 Å². The molecule has 3 nitrogen and oxygen atoms in total. The number of rotatable bonds is 4. The molecule has 1 N–H and O–H groups in total. The van der Waals surface area contributed by atoms with Crippen molar-refractivity contribution in [2.75, 3.05) is 0 Å². The van der Waals surface area contributed by atoms with Gasteiger partial charge in [-0.25, -0.2) is 0 Å². The molecule has 3 aliphatic rings. The van der Waals surface area contributed by atoms with Crippen molar-refractivity contribution in [3.63, 3.8) is 0 Å². The van der Waals surface area contributed by atoms with Gasteiger partial charge in [0.1, 0.15) is 17.7 Å². The van der Waals surface area contributed by atoms with E-state index in [1.165, 1.54) is 49.0 Å². The summed E-state index contributed by atoms with van der Waals surface area (Å²) >= 11 is 0. The minimum Gasteiger partial charge on any atom is -0.461 e. The lowest BCUT2D eigenvalue weighted by Crippen LogP contribution is -2.25. The molecule has 7 aromatic rings. The van der Waals surface area contributed by atoms with Crippen LogP contribution < -0.4 is 10.1 Å². The fourth-order valence-corrected chi connectivity index (χ4v) is 7.91. The van der Waals surface area contributed by atoms with Crippen LogP contribution in [0.5, 0.6) is 5.75 Å². The van der Waals surface area contributed by atoms with Gasteiger partial charge in [-0.3, -0.25) is 4.99 Å². The lowest BCUT2D eigenvalue weighted by molar-refractivity contribution is 0.425. The van der Waals surface area contributed by atoms with Crippen molar-refractivity contribution < 1.29 is 4.74 Å². The Balaban J connectivity index is 1.04. The second-order valence-corrected chi connectivity index (χ2v) is 13.1. The largest absolute Gasteiger partial charge is 0.461 e. The maximum atomic E-state index is 6.59. The van der Waals surface area contributed by atoms with Crippen molar-refractivity contribution in [1.29, 1.82) is 0 Å². The Morgan fingerprint density at radius 3 is 2.00 bits per heavy atom. The van der Waals surface area contributed by atoms with E-state index in [2.05, 4.69) is 163 Å². The minimum atomic E-state index is -0.174. The molecule has 3 heteroatoms. The second kappa shape index (κ2) is 11.2. The topological polar surface area (TPSA) is 33.6 Å². The molecule has 0 fully saturated rings. The SMILES string of the molecule is C1=C(C2=NC(c3ccccc3)NC(c3ccccc3)=C2)C=C2Oc3ccc(-c4cccc5c6ccccc6c6ccccc6c45)cc3C2C1. The molecule has 0 amide bonds. The van der Waals surface area contributed by atoms with Gasteiger partial charge in [0.15, 0.2) is 0 Å². The number of fused-ring (bicyclic) bond motifs is 9. The van der Waals surface area contributed by atoms with Gasteiger partial charge in [0.2, 0.25) is 0 Å². The predicted molar refractivity (Wildman–Crippen MR) is 203 cm³/mol. The van der Waals surface area contributed by atoms with Crippen LogP contribution in [0.3, 0.4) is 0 Å². The van der Waals surface area contributed by atoms with E-state index in [9.17, 15) is 0 Å². The molecule has 0 aromatic heterocycles. The standard InChI is InChI=1S/C46H32N2O/c1-3-12-29(13-4-1)41-28-42(48-46(47-41)30-14-5-2-6-15-30)32-22-24-37-40-26-31(23-25-43(40)49-44(37)27-32)33-20-11-21-39-36-17-8-7-16-34(36)35-18-9-10-19-38(35)45(33)39/h1-23,25-28,37,46-47H,24H2. The van der Waals surface area contributed by atoms with Crippen molar-refractivity contribution in [2.24, 2.45) is 4.99 Å². The van der Waals surface area contributed by atoms with Crippen molar-refractivity contribution in [2.45, 2.75) is 18.5 Å². The van der Waals surface area contributed by atoms with Crippen LogP contribution in [0.4, 0.5) is 0 Å². The van der Waals surface area contributed by atoms with Crippen molar-refractivity contribution in [3.05, 3.63) is 192 Å². The highest BCUT2D eigenvalue weighted by Gasteiger charge is 2.33. The normalized spacial score (nSPS) is 18.1. The Morgan fingerprint density at radius 1 is 0.592 bits per heavy atom. The van der Waals surface area contributed by atoms with E-state index in [0.29, 0.717) is 0 Å². The number of allylic oxidation sites excluding steroid dienone is 5. The van der Waals surface area contributed by atoms with Crippen LogP contribution in [-0.2, 0) is 0 Å². The summed E-state index contributed by atoms with van der Waals surface area (Å²) in [5, 5.41) is 11.4. The number of nitrogens with zero attached hydrogens (tertiary/aromatic N) is 1. The molecule has 0 saturated carbocycles. The fraction of sp³-hybridized carbons (Fsp3) is 0.0652. The summed E-state index contributed by atoms with van der Waals surface area (Å²) in [6.07, 6.45) is 7.40. The molecule has 0 spiro atoms. The molecule has 2 aliphatic heterocycles. The summed E-state index contributed by atoms with van der Waals surface area (Å²) in [6.45, 7) is 0. The highest BCUT2D eigenvalue weighted by molar-refractivity contribution is 6.28. The summed E-state index contributed by atoms with van der Waals surface area (Å²) in [6, 6.07) is 52.0. The van der Waals surface area contributed by atoms with Gasteiger partial charge in [0.25, 0.3) is 0 Å². The van der Waals surface area contributed by atoms with Gasteiger partial charge in [-0.2, -0.15) is 0 Å². The summed E-state index contributed by atoms with van der Waals surface area (Å²) in [5.41, 5.74) is 9.12. The Kier molecular flexibility index (Phi) is 6.38. The first kappa shape index (κ1) is 27.9. The van der Waals surface area contributed by atoms with Crippen LogP contribution in [-0.4, -0.2) is 5.71 Å².